The highest BCUT2D eigenvalue weighted by molar-refractivity contribution is 5.59. The van der Waals surface area contributed by atoms with Crippen LogP contribution in [0.4, 0.5) is 4.39 Å². The molecule has 1 aromatic heterocycles. The van der Waals surface area contributed by atoms with E-state index in [1.807, 2.05) is 0 Å². The molecule has 3 nitrogen and oxygen atoms in total. The molecule has 1 heterocycles. The van der Waals surface area contributed by atoms with Gasteiger partial charge in [0.15, 0.2) is 5.75 Å². The van der Waals surface area contributed by atoms with Crippen molar-refractivity contribution in [1.82, 2.24) is 4.98 Å². The van der Waals surface area contributed by atoms with Crippen LogP contribution in [0, 0.1) is 5.82 Å². The van der Waals surface area contributed by atoms with E-state index in [0.717, 1.165) is 0 Å². The molecule has 76 valence electrons. The molecule has 0 aliphatic carbocycles. The summed E-state index contributed by atoms with van der Waals surface area (Å²) in [5.74, 6) is -0.725. The first-order valence-electron chi connectivity index (χ1n) is 4.35. The number of aromatic amines is 1. The second-order valence-electron chi connectivity index (χ2n) is 3.10. The third-order valence-electron chi connectivity index (χ3n) is 2.02. The van der Waals surface area contributed by atoms with E-state index < -0.39 is 5.56 Å². The van der Waals surface area contributed by atoms with Crippen LogP contribution in [0.1, 0.15) is 0 Å². The van der Waals surface area contributed by atoms with Gasteiger partial charge in [0.1, 0.15) is 5.82 Å². The lowest BCUT2D eigenvalue weighted by Gasteiger charge is -2.01. The van der Waals surface area contributed by atoms with Gasteiger partial charge in [-0.1, -0.05) is 12.1 Å². The Bertz CT molecular complexity index is 548. The van der Waals surface area contributed by atoms with Gasteiger partial charge in [0.05, 0.1) is 0 Å². The number of nitrogens with one attached hydrogen (secondary N) is 1. The van der Waals surface area contributed by atoms with Crippen molar-refractivity contribution in [3.05, 3.63) is 52.6 Å². The summed E-state index contributed by atoms with van der Waals surface area (Å²) in [6.07, 6.45) is 0. The van der Waals surface area contributed by atoms with Crippen molar-refractivity contribution in [2.45, 2.75) is 0 Å². The van der Waals surface area contributed by atoms with Crippen molar-refractivity contribution in [2.75, 3.05) is 0 Å². The van der Waals surface area contributed by atoms with Crippen molar-refractivity contribution < 1.29 is 9.50 Å². The van der Waals surface area contributed by atoms with Crippen LogP contribution in [0.3, 0.4) is 0 Å². The second kappa shape index (κ2) is 3.57. The highest BCUT2D eigenvalue weighted by Crippen LogP contribution is 2.17. The lowest BCUT2D eigenvalue weighted by Crippen LogP contribution is -2.05. The highest BCUT2D eigenvalue weighted by Gasteiger charge is 2.02. The van der Waals surface area contributed by atoms with Crippen molar-refractivity contribution in [3.8, 4) is 17.0 Å². The largest absolute Gasteiger partial charge is 0.503 e. The summed E-state index contributed by atoms with van der Waals surface area (Å²) >= 11 is 0. The van der Waals surface area contributed by atoms with Crippen molar-refractivity contribution >= 4 is 0 Å². The van der Waals surface area contributed by atoms with Gasteiger partial charge in [-0.25, -0.2) is 4.39 Å². The number of aromatic hydroxyl groups is 1. The quantitative estimate of drug-likeness (QED) is 0.746. The first-order valence-corrected chi connectivity index (χ1v) is 4.35. The molecule has 0 aliphatic heterocycles. The van der Waals surface area contributed by atoms with Gasteiger partial charge in [0.2, 0.25) is 0 Å². The zero-order valence-corrected chi connectivity index (χ0v) is 7.70. The van der Waals surface area contributed by atoms with E-state index >= 15 is 0 Å². The third kappa shape index (κ3) is 1.88. The Morgan fingerprint density at radius 1 is 1.20 bits per heavy atom. The minimum atomic E-state index is -0.586. The minimum absolute atomic E-state index is 0.352. The van der Waals surface area contributed by atoms with Gasteiger partial charge in [0.25, 0.3) is 5.56 Å². The molecule has 2 rings (SSSR count). The number of hydrogen-bond donors (Lipinski definition) is 2. The fourth-order valence-electron chi connectivity index (χ4n) is 1.29. The molecule has 0 amide bonds. The fourth-order valence-corrected chi connectivity index (χ4v) is 1.29. The molecule has 0 bridgehead atoms. The van der Waals surface area contributed by atoms with E-state index in [0.29, 0.717) is 11.3 Å². The molecule has 0 atom stereocenters. The van der Waals surface area contributed by atoms with Crippen LogP contribution in [0.15, 0.2) is 41.2 Å². The SMILES string of the molecule is O=c1[nH]c(-c2cccc(F)c2)ccc1O. The Balaban J connectivity index is 2.55. The van der Waals surface area contributed by atoms with E-state index in [4.69, 9.17) is 5.11 Å². The smallest absolute Gasteiger partial charge is 0.290 e. The van der Waals surface area contributed by atoms with Crippen molar-refractivity contribution in [2.24, 2.45) is 0 Å². The summed E-state index contributed by atoms with van der Waals surface area (Å²) in [5.41, 5.74) is 0.446. The molecule has 0 radical (unpaired) electrons. The first-order chi connectivity index (χ1) is 7.16. The Hall–Kier alpha value is -2.10. The molecule has 0 unspecified atom stereocenters. The van der Waals surface area contributed by atoms with Crippen LogP contribution >= 0.6 is 0 Å². The number of benzene rings is 1. The Morgan fingerprint density at radius 3 is 2.67 bits per heavy atom. The number of aromatic nitrogens is 1. The first kappa shape index (κ1) is 9.45. The van der Waals surface area contributed by atoms with Crippen LogP contribution in [-0.4, -0.2) is 10.1 Å². The van der Waals surface area contributed by atoms with Crippen LogP contribution in [0.25, 0.3) is 11.3 Å². The normalized spacial score (nSPS) is 10.2. The fraction of sp³-hybridized carbons (Fsp3) is 0. The molecule has 0 fully saturated rings. The molecule has 2 N–H and O–H groups in total. The van der Waals surface area contributed by atoms with Gasteiger partial charge < -0.3 is 10.1 Å². The lowest BCUT2D eigenvalue weighted by molar-refractivity contribution is 0.467. The van der Waals surface area contributed by atoms with Crippen LogP contribution in [-0.2, 0) is 0 Å². The van der Waals surface area contributed by atoms with Crippen LogP contribution < -0.4 is 5.56 Å². The predicted octanol–water partition coefficient (Wildman–Crippen LogP) is 1.89. The van der Waals surface area contributed by atoms with Crippen molar-refractivity contribution in [3.63, 3.8) is 0 Å². The minimum Gasteiger partial charge on any atom is -0.503 e. The maximum Gasteiger partial charge on any atom is 0.290 e. The van der Waals surface area contributed by atoms with Gasteiger partial charge in [0, 0.05) is 11.3 Å². The third-order valence-corrected chi connectivity index (χ3v) is 2.02. The molecule has 0 saturated carbocycles. The van der Waals surface area contributed by atoms with Crippen LogP contribution in [0.5, 0.6) is 5.75 Å². The van der Waals surface area contributed by atoms with Gasteiger partial charge in [-0.2, -0.15) is 0 Å². The summed E-state index contributed by atoms with van der Waals surface area (Å²) < 4.78 is 12.9. The Labute approximate surface area is 84.8 Å². The van der Waals surface area contributed by atoms with Gasteiger partial charge in [-0.05, 0) is 24.3 Å². The summed E-state index contributed by atoms with van der Waals surface area (Å²) in [4.78, 5) is 13.5. The van der Waals surface area contributed by atoms with E-state index in [9.17, 15) is 9.18 Å². The molecule has 1 aromatic carbocycles. The summed E-state index contributed by atoms with van der Waals surface area (Å²) in [7, 11) is 0. The van der Waals surface area contributed by atoms with Gasteiger partial charge in [-0.15, -0.1) is 0 Å². The lowest BCUT2D eigenvalue weighted by atomic mass is 10.1. The molecule has 2 aromatic rings. The number of H-pyrrole nitrogens is 1. The zero-order chi connectivity index (χ0) is 10.8. The maximum atomic E-state index is 12.9. The number of rotatable bonds is 1. The van der Waals surface area contributed by atoms with E-state index in [2.05, 4.69) is 4.98 Å². The average molecular weight is 205 g/mol. The molecular weight excluding hydrogens is 197 g/mol. The number of hydrogen-bond acceptors (Lipinski definition) is 2. The molecule has 0 saturated heterocycles. The zero-order valence-electron chi connectivity index (χ0n) is 7.70. The standard InChI is InChI=1S/C11H8FNO2/c12-8-3-1-2-7(6-8)9-4-5-10(14)11(15)13-9/h1-6,14H,(H,13,15). The van der Waals surface area contributed by atoms with E-state index in [-0.39, 0.29) is 11.6 Å². The predicted molar refractivity (Wildman–Crippen MR) is 54.1 cm³/mol. The topological polar surface area (TPSA) is 53.1 Å². The van der Waals surface area contributed by atoms with Gasteiger partial charge >= 0.3 is 0 Å². The van der Waals surface area contributed by atoms with Gasteiger partial charge in [-0.3, -0.25) is 4.79 Å². The summed E-state index contributed by atoms with van der Waals surface area (Å²) in [5, 5.41) is 9.03. The summed E-state index contributed by atoms with van der Waals surface area (Å²) in [6.45, 7) is 0. The summed E-state index contributed by atoms with van der Waals surface area (Å²) in [6, 6.07) is 8.65. The van der Waals surface area contributed by atoms with E-state index in [1.165, 1.54) is 24.3 Å². The average Bonchev–Trinajstić information content (AvgIpc) is 2.22. The molecule has 0 aliphatic rings. The molecule has 15 heavy (non-hydrogen) atoms. The van der Waals surface area contributed by atoms with E-state index in [1.54, 1.807) is 12.1 Å². The highest BCUT2D eigenvalue weighted by atomic mass is 19.1. The van der Waals surface area contributed by atoms with Crippen LogP contribution in [0.2, 0.25) is 0 Å². The number of pyridine rings is 1. The molecule has 4 heteroatoms. The Morgan fingerprint density at radius 2 is 2.00 bits per heavy atom. The number of halogens is 1. The van der Waals surface area contributed by atoms with Crippen molar-refractivity contribution in [1.29, 1.82) is 0 Å². The monoisotopic (exact) mass is 205 g/mol. The molecule has 0 spiro atoms. The Kier molecular flexibility index (Phi) is 2.25. The molecular formula is C11H8FNO2. The second-order valence-corrected chi connectivity index (χ2v) is 3.10. The maximum absolute atomic E-state index is 12.9.